The van der Waals surface area contributed by atoms with Gasteiger partial charge < -0.3 is 16.0 Å². The van der Waals surface area contributed by atoms with E-state index in [-0.39, 0.29) is 24.6 Å². The summed E-state index contributed by atoms with van der Waals surface area (Å²) in [6, 6.07) is 8.44. The molecule has 1 saturated heterocycles. The fourth-order valence-electron chi connectivity index (χ4n) is 3.79. The number of carbonyl (C=O) groups is 1. The Labute approximate surface area is 190 Å². The van der Waals surface area contributed by atoms with E-state index in [0.717, 1.165) is 4.90 Å². The number of hydrogen-bond donors (Lipinski definition) is 2. The molecule has 0 bridgehead atoms. The van der Waals surface area contributed by atoms with Gasteiger partial charge in [0.25, 0.3) is 11.8 Å². The predicted molar refractivity (Wildman–Crippen MR) is 122 cm³/mol. The maximum absolute atomic E-state index is 14.4. The van der Waals surface area contributed by atoms with Gasteiger partial charge in [0.2, 0.25) is 5.95 Å². The van der Waals surface area contributed by atoms with Crippen molar-refractivity contribution in [2.45, 2.75) is 25.3 Å². The highest BCUT2D eigenvalue weighted by atomic mass is 35.5. The van der Waals surface area contributed by atoms with Crippen molar-refractivity contribution in [1.82, 2.24) is 14.9 Å². The Morgan fingerprint density at radius 3 is 2.62 bits per heavy atom. The highest BCUT2D eigenvalue weighted by Gasteiger charge is 2.46. The molecular formula is C22H25ClF2N6O. The highest BCUT2D eigenvalue weighted by Crippen LogP contribution is 2.35. The minimum absolute atomic E-state index is 0.139. The molecule has 2 heterocycles. The number of carbonyl (C=O) groups excluding carboxylic acids is 1. The van der Waals surface area contributed by atoms with Crippen molar-refractivity contribution in [3.05, 3.63) is 59.0 Å². The van der Waals surface area contributed by atoms with Crippen molar-refractivity contribution < 1.29 is 13.6 Å². The van der Waals surface area contributed by atoms with Gasteiger partial charge in [-0.25, -0.2) is 18.7 Å². The Kier molecular flexibility index (Phi) is 7.40. The van der Waals surface area contributed by atoms with Crippen LogP contribution in [0.25, 0.3) is 5.57 Å². The number of alkyl halides is 2. The van der Waals surface area contributed by atoms with Crippen LogP contribution in [-0.4, -0.2) is 59.1 Å². The molecule has 1 aliphatic rings. The highest BCUT2D eigenvalue weighted by molar-refractivity contribution is 6.30. The third kappa shape index (κ3) is 5.59. The summed E-state index contributed by atoms with van der Waals surface area (Å²) in [4.78, 5) is 26.6. The van der Waals surface area contributed by atoms with Crippen molar-refractivity contribution >= 4 is 35.2 Å². The number of aromatic nitrogens is 2. The van der Waals surface area contributed by atoms with Gasteiger partial charge in [-0.2, -0.15) is 0 Å². The molecule has 3 rings (SSSR count). The summed E-state index contributed by atoms with van der Waals surface area (Å²) >= 11 is 5.80. The zero-order valence-corrected chi connectivity index (χ0v) is 18.6. The van der Waals surface area contributed by atoms with Crippen molar-refractivity contribution in [2.75, 3.05) is 25.5 Å². The molecule has 1 aromatic carbocycles. The largest absolute Gasteiger partial charge is 0.394 e. The number of rotatable bonds is 6. The number of nitrogens with zero attached hydrogens (tertiary/aromatic N) is 4. The lowest BCUT2D eigenvalue weighted by Crippen LogP contribution is -2.58. The third-order valence-electron chi connectivity index (χ3n) is 5.29. The van der Waals surface area contributed by atoms with E-state index in [9.17, 15) is 13.6 Å². The van der Waals surface area contributed by atoms with Crippen LogP contribution in [0, 0.1) is 5.92 Å². The van der Waals surface area contributed by atoms with Gasteiger partial charge in [-0.15, -0.1) is 0 Å². The monoisotopic (exact) mass is 462 g/mol. The molecule has 1 aromatic heterocycles. The van der Waals surface area contributed by atoms with Gasteiger partial charge in [0.05, 0.1) is 30.0 Å². The van der Waals surface area contributed by atoms with Crippen LogP contribution in [0.2, 0.25) is 5.02 Å². The standard InChI is InChI=1S/C22H25ClF2N6O/c1-14-8-22(24,25)13-31(18(14)12-30-21-28-9-16(23)10-29-21)20(32)19(26)17(11-27-2)15-6-4-3-5-7-15/h3-7,9-11,14,18H,8,12-13,26H2,1-2H3,(H,28,29,30). The van der Waals surface area contributed by atoms with Crippen LogP contribution >= 0.6 is 11.6 Å². The number of nitrogens with two attached hydrogens (primary N) is 1. The SMILES string of the molecule is CN=CC(=C(N)C(=O)N1CC(F)(F)CC(C)C1CNc1ncc(Cl)cn1)c1ccccc1. The molecule has 1 fully saturated rings. The number of benzene rings is 1. The van der Waals surface area contributed by atoms with Crippen LogP contribution in [0.15, 0.2) is 53.4 Å². The van der Waals surface area contributed by atoms with Gasteiger partial charge in [0.1, 0.15) is 5.70 Å². The van der Waals surface area contributed by atoms with E-state index in [1.54, 1.807) is 38.2 Å². The van der Waals surface area contributed by atoms with E-state index < -0.39 is 30.3 Å². The van der Waals surface area contributed by atoms with E-state index in [4.69, 9.17) is 17.3 Å². The normalized spacial score (nSPS) is 21.3. The van der Waals surface area contributed by atoms with Crippen molar-refractivity contribution in [3.8, 4) is 0 Å². The molecule has 0 spiro atoms. The molecule has 0 aliphatic carbocycles. The number of nitrogens with one attached hydrogen (secondary N) is 1. The number of allylic oxidation sites excluding steroid dienone is 1. The number of anilines is 1. The van der Waals surface area contributed by atoms with Crippen LogP contribution in [0.5, 0.6) is 0 Å². The maximum Gasteiger partial charge on any atom is 0.270 e. The lowest BCUT2D eigenvalue weighted by molar-refractivity contribution is -0.148. The van der Waals surface area contributed by atoms with Gasteiger partial charge in [0.15, 0.2) is 0 Å². The second kappa shape index (κ2) is 10.0. The average molecular weight is 463 g/mol. The average Bonchev–Trinajstić information content (AvgIpc) is 2.76. The first kappa shape index (κ1) is 23.6. The lowest BCUT2D eigenvalue weighted by atomic mass is 9.88. The number of halogens is 3. The van der Waals surface area contributed by atoms with Crippen molar-refractivity contribution in [1.29, 1.82) is 0 Å². The number of likely N-dealkylation sites (tertiary alicyclic amines) is 1. The molecule has 1 aliphatic heterocycles. The summed E-state index contributed by atoms with van der Waals surface area (Å²) in [7, 11) is 1.55. The van der Waals surface area contributed by atoms with Gasteiger partial charge in [-0.05, 0) is 11.5 Å². The molecule has 1 amide bonds. The molecule has 0 radical (unpaired) electrons. The summed E-state index contributed by atoms with van der Waals surface area (Å²) < 4.78 is 28.9. The van der Waals surface area contributed by atoms with E-state index in [2.05, 4.69) is 20.3 Å². The zero-order valence-electron chi connectivity index (χ0n) is 17.8. The molecule has 32 heavy (non-hydrogen) atoms. The Bertz CT molecular complexity index is 997. The predicted octanol–water partition coefficient (Wildman–Crippen LogP) is 3.48. The third-order valence-corrected chi connectivity index (χ3v) is 5.49. The quantitative estimate of drug-likeness (QED) is 0.506. The number of aliphatic imine (C=N–C) groups is 1. The van der Waals surface area contributed by atoms with Crippen molar-refractivity contribution in [3.63, 3.8) is 0 Å². The lowest BCUT2D eigenvalue weighted by Gasteiger charge is -2.43. The fourth-order valence-corrected chi connectivity index (χ4v) is 3.89. The summed E-state index contributed by atoms with van der Waals surface area (Å²) in [5.74, 6) is -3.89. The number of hydrogen-bond acceptors (Lipinski definition) is 6. The molecule has 3 N–H and O–H groups in total. The molecule has 7 nitrogen and oxygen atoms in total. The molecule has 10 heteroatoms. The molecule has 0 saturated carbocycles. The molecule has 2 unspecified atom stereocenters. The smallest absolute Gasteiger partial charge is 0.270 e. The summed E-state index contributed by atoms with van der Waals surface area (Å²) in [6.07, 6.45) is 3.98. The fraction of sp³-hybridized carbons (Fsp3) is 0.364. The first-order valence-corrected chi connectivity index (χ1v) is 10.5. The summed E-state index contributed by atoms with van der Waals surface area (Å²) in [6.45, 7) is 1.14. The van der Waals surface area contributed by atoms with Crippen LogP contribution < -0.4 is 11.1 Å². The molecule has 2 aromatic rings. The first-order chi connectivity index (χ1) is 15.2. The van der Waals surface area contributed by atoms with E-state index in [1.165, 1.54) is 18.6 Å². The molecule has 2 atom stereocenters. The van der Waals surface area contributed by atoms with Crippen LogP contribution in [0.3, 0.4) is 0 Å². The molecule has 170 valence electrons. The summed E-state index contributed by atoms with van der Waals surface area (Å²) in [5.41, 5.74) is 7.14. The second-order valence-corrected chi connectivity index (χ2v) is 8.16. The second-order valence-electron chi connectivity index (χ2n) is 7.72. The Hall–Kier alpha value is -3.07. The first-order valence-electron chi connectivity index (χ1n) is 10.1. The Morgan fingerprint density at radius 2 is 2.00 bits per heavy atom. The molecular weight excluding hydrogens is 438 g/mol. The maximum atomic E-state index is 14.4. The topological polar surface area (TPSA) is 96.5 Å². The van der Waals surface area contributed by atoms with Gasteiger partial charge in [-0.3, -0.25) is 9.79 Å². The number of amides is 1. The van der Waals surface area contributed by atoms with E-state index in [1.807, 2.05) is 6.07 Å². The van der Waals surface area contributed by atoms with Crippen LogP contribution in [-0.2, 0) is 4.79 Å². The Balaban J connectivity index is 1.91. The minimum Gasteiger partial charge on any atom is -0.394 e. The van der Waals surface area contributed by atoms with Gasteiger partial charge >= 0.3 is 0 Å². The Morgan fingerprint density at radius 1 is 1.34 bits per heavy atom. The van der Waals surface area contributed by atoms with Crippen LogP contribution in [0.4, 0.5) is 14.7 Å². The van der Waals surface area contributed by atoms with Crippen LogP contribution in [0.1, 0.15) is 18.9 Å². The summed E-state index contributed by atoms with van der Waals surface area (Å²) in [5, 5.41) is 3.38. The zero-order chi connectivity index (χ0) is 23.3. The van der Waals surface area contributed by atoms with E-state index in [0.29, 0.717) is 16.2 Å². The number of piperidine rings is 1. The van der Waals surface area contributed by atoms with Gasteiger partial charge in [-0.1, -0.05) is 48.9 Å². The van der Waals surface area contributed by atoms with E-state index >= 15 is 0 Å². The minimum atomic E-state index is -3.02. The van der Waals surface area contributed by atoms with Crippen molar-refractivity contribution in [2.24, 2.45) is 16.6 Å². The van der Waals surface area contributed by atoms with Gasteiger partial charge in [0, 0.05) is 31.8 Å².